The first-order valence-electron chi connectivity index (χ1n) is 14.6. The monoisotopic (exact) mass is 572 g/mol. The summed E-state index contributed by atoms with van der Waals surface area (Å²) in [7, 11) is 0. The summed E-state index contributed by atoms with van der Waals surface area (Å²) in [4.78, 5) is 30.4. The minimum absolute atomic E-state index is 0.0273. The number of nitrogens with two attached hydrogens (primary N) is 1. The molecule has 0 saturated carbocycles. The Bertz CT molecular complexity index is 1450. The molecule has 3 aliphatic heterocycles. The molecular formula is C31H36N6O5. The molecule has 42 heavy (non-hydrogen) atoms. The van der Waals surface area contributed by atoms with Crippen molar-refractivity contribution in [2.45, 2.75) is 50.8 Å². The zero-order chi connectivity index (χ0) is 29.2. The van der Waals surface area contributed by atoms with Crippen LogP contribution in [0.2, 0.25) is 0 Å². The van der Waals surface area contributed by atoms with Crippen molar-refractivity contribution in [1.82, 2.24) is 15.1 Å². The van der Waals surface area contributed by atoms with E-state index in [4.69, 9.17) is 15.2 Å². The molecule has 0 aliphatic carbocycles. The Morgan fingerprint density at radius 1 is 0.976 bits per heavy atom. The molecule has 0 spiro atoms. The van der Waals surface area contributed by atoms with Crippen molar-refractivity contribution in [3.05, 3.63) is 54.6 Å². The van der Waals surface area contributed by atoms with Crippen molar-refractivity contribution < 1.29 is 24.2 Å². The normalized spacial score (nSPS) is 20.5. The summed E-state index contributed by atoms with van der Waals surface area (Å²) in [5, 5.41) is 18.8. The van der Waals surface area contributed by atoms with Crippen LogP contribution in [0.5, 0.6) is 11.5 Å². The second kappa shape index (κ2) is 11.8. The number of likely N-dealkylation sites (tertiary alicyclic amines) is 1. The summed E-state index contributed by atoms with van der Waals surface area (Å²) in [5.74, 6) is -0.0270. The van der Waals surface area contributed by atoms with E-state index in [1.54, 1.807) is 24.0 Å². The number of amides is 1. The molecule has 6 rings (SSSR count). The fraction of sp³-hybridized carbons (Fsp3) is 0.419. The maximum Gasteiger partial charge on any atom is 0.397 e. The van der Waals surface area contributed by atoms with E-state index in [0.29, 0.717) is 55.1 Å². The van der Waals surface area contributed by atoms with E-state index >= 15 is 0 Å². The molecule has 2 atom stereocenters. The smallest absolute Gasteiger partial charge is 0.397 e. The molecule has 2 aromatic carbocycles. The molecule has 3 aliphatic rings. The SMILES string of the molecule is CCOC(=O)C(=O)N1CCC(Oc2cccc(N3[C@@H]4CC[C@H]3CN(c3cc(-c5ccccc5O)nnc3N)C4)c2)CC1. The standard InChI is InChI=1S/C31H36N6O5/c1-2-41-31(40)30(39)35-14-12-23(13-15-35)42-24-7-5-6-20(16-24)37-21-10-11-22(37)19-36(18-21)27-17-26(33-34-29(27)32)25-8-3-4-9-28(25)38/h3-9,16-17,21-23,38H,2,10-15,18-19H2,1H3,(H2,32,34)/t21-,22+. The minimum Gasteiger partial charge on any atom is -0.507 e. The molecule has 3 aromatic rings. The Morgan fingerprint density at radius 3 is 2.43 bits per heavy atom. The van der Waals surface area contributed by atoms with Crippen LogP contribution in [-0.2, 0) is 14.3 Å². The maximum absolute atomic E-state index is 12.2. The number of esters is 1. The van der Waals surface area contributed by atoms with Crippen LogP contribution >= 0.6 is 0 Å². The molecule has 1 amide bonds. The van der Waals surface area contributed by atoms with Gasteiger partial charge in [-0.25, -0.2) is 4.79 Å². The molecule has 11 heteroatoms. The van der Waals surface area contributed by atoms with E-state index < -0.39 is 11.9 Å². The molecule has 11 nitrogen and oxygen atoms in total. The molecule has 3 saturated heterocycles. The Balaban J connectivity index is 1.11. The van der Waals surface area contributed by atoms with Crippen LogP contribution in [0.15, 0.2) is 54.6 Å². The van der Waals surface area contributed by atoms with E-state index in [9.17, 15) is 14.7 Å². The molecule has 4 heterocycles. The summed E-state index contributed by atoms with van der Waals surface area (Å²) in [6.45, 7) is 4.40. The molecule has 3 N–H and O–H groups in total. The Morgan fingerprint density at radius 2 is 1.71 bits per heavy atom. The van der Waals surface area contributed by atoms with Gasteiger partial charge < -0.3 is 35.0 Å². The lowest BCUT2D eigenvalue weighted by molar-refractivity contribution is -0.160. The van der Waals surface area contributed by atoms with E-state index in [1.165, 1.54) is 0 Å². The Hall–Kier alpha value is -4.54. The number of phenolic OH excluding ortho intramolecular Hbond substituents is 1. The first-order chi connectivity index (χ1) is 20.4. The van der Waals surface area contributed by atoms with Gasteiger partial charge in [0.25, 0.3) is 0 Å². The lowest BCUT2D eigenvalue weighted by Crippen LogP contribution is -2.54. The van der Waals surface area contributed by atoms with Crippen LogP contribution in [0, 0.1) is 0 Å². The predicted molar refractivity (Wildman–Crippen MR) is 158 cm³/mol. The van der Waals surface area contributed by atoms with Crippen molar-refractivity contribution in [3.8, 4) is 22.8 Å². The predicted octanol–water partition coefficient (Wildman–Crippen LogP) is 3.22. The van der Waals surface area contributed by atoms with Gasteiger partial charge in [-0.3, -0.25) is 4.79 Å². The zero-order valence-electron chi connectivity index (χ0n) is 23.7. The van der Waals surface area contributed by atoms with Gasteiger partial charge >= 0.3 is 11.9 Å². The van der Waals surface area contributed by atoms with Gasteiger partial charge in [-0.05, 0) is 50.1 Å². The van der Waals surface area contributed by atoms with Gasteiger partial charge in [-0.2, -0.15) is 0 Å². The minimum atomic E-state index is -0.793. The lowest BCUT2D eigenvalue weighted by atomic mass is 10.1. The number of phenols is 1. The average Bonchev–Trinajstić information content (AvgIpc) is 3.27. The number of benzene rings is 2. The summed E-state index contributed by atoms with van der Waals surface area (Å²) < 4.78 is 11.2. The summed E-state index contributed by atoms with van der Waals surface area (Å²) in [5.41, 5.74) is 9.49. The number of anilines is 3. The summed E-state index contributed by atoms with van der Waals surface area (Å²) in [6, 6.07) is 17.9. The van der Waals surface area contributed by atoms with Gasteiger partial charge in [0, 0.05) is 68.4 Å². The largest absolute Gasteiger partial charge is 0.507 e. The highest BCUT2D eigenvalue weighted by atomic mass is 16.5. The Labute approximate surface area is 244 Å². The number of rotatable bonds is 6. The van der Waals surface area contributed by atoms with Gasteiger partial charge in [0.2, 0.25) is 0 Å². The van der Waals surface area contributed by atoms with Crippen molar-refractivity contribution in [2.24, 2.45) is 0 Å². The number of piperidine rings is 1. The summed E-state index contributed by atoms with van der Waals surface area (Å²) >= 11 is 0. The number of hydrogen-bond acceptors (Lipinski definition) is 10. The second-order valence-corrected chi connectivity index (χ2v) is 11.0. The fourth-order valence-electron chi connectivity index (χ4n) is 6.40. The van der Waals surface area contributed by atoms with Crippen molar-refractivity contribution in [1.29, 1.82) is 0 Å². The molecule has 3 fully saturated rings. The Kier molecular flexibility index (Phi) is 7.73. The lowest BCUT2D eigenvalue weighted by Gasteiger charge is -2.43. The second-order valence-electron chi connectivity index (χ2n) is 11.0. The molecule has 2 bridgehead atoms. The third-order valence-corrected chi connectivity index (χ3v) is 8.40. The van der Waals surface area contributed by atoms with Crippen LogP contribution in [0.1, 0.15) is 32.6 Å². The fourth-order valence-corrected chi connectivity index (χ4v) is 6.40. The third kappa shape index (κ3) is 5.50. The number of hydrogen-bond donors (Lipinski definition) is 2. The molecule has 1 aromatic heterocycles. The van der Waals surface area contributed by atoms with Gasteiger partial charge in [-0.15, -0.1) is 10.2 Å². The van der Waals surface area contributed by atoms with Gasteiger partial charge in [0.15, 0.2) is 5.82 Å². The van der Waals surface area contributed by atoms with Crippen molar-refractivity contribution >= 4 is 29.1 Å². The zero-order valence-corrected chi connectivity index (χ0v) is 23.7. The number of fused-ring (bicyclic) bond motifs is 2. The highest BCUT2D eigenvalue weighted by Gasteiger charge is 2.41. The van der Waals surface area contributed by atoms with Crippen LogP contribution in [0.3, 0.4) is 0 Å². The van der Waals surface area contributed by atoms with Gasteiger partial charge in [0.1, 0.15) is 17.6 Å². The van der Waals surface area contributed by atoms with Crippen molar-refractivity contribution in [3.63, 3.8) is 0 Å². The number of carbonyl (C=O) groups is 2. The topological polar surface area (TPSA) is 134 Å². The van der Waals surface area contributed by atoms with Crippen LogP contribution in [0.25, 0.3) is 11.3 Å². The van der Waals surface area contributed by atoms with Gasteiger partial charge in [0.05, 0.1) is 18.0 Å². The maximum atomic E-state index is 12.2. The number of nitrogen functional groups attached to an aromatic ring is 1. The number of aromatic hydroxyl groups is 1. The molecule has 220 valence electrons. The molecule has 0 unspecified atom stereocenters. The number of nitrogens with zero attached hydrogens (tertiary/aromatic N) is 5. The number of para-hydroxylation sites is 1. The van der Waals surface area contributed by atoms with Crippen molar-refractivity contribution in [2.75, 3.05) is 48.3 Å². The van der Waals surface area contributed by atoms with E-state index in [-0.39, 0.29) is 18.5 Å². The number of aromatic nitrogens is 2. The summed E-state index contributed by atoms with van der Waals surface area (Å²) in [6.07, 6.45) is 3.43. The third-order valence-electron chi connectivity index (χ3n) is 8.40. The van der Waals surface area contributed by atoms with Crippen LogP contribution in [0.4, 0.5) is 17.2 Å². The average molecular weight is 573 g/mol. The molecule has 0 radical (unpaired) electrons. The van der Waals surface area contributed by atoms with Gasteiger partial charge in [-0.1, -0.05) is 18.2 Å². The van der Waals surface area contributed by atoms with E-state index in [1.807, 2.05) is 30.3 Å². The number of ether oxygens (including phenoxy) is 2. The molecular weight excluding hydrogens is 536 g/mol. The van der Waals surface area contributed by atoms with E-state index in [2.05, 4.69) is 32.1 Å². The quantitative estimate of drug-likeness (QED) is 0.335. The first kappa shape index (κ1) is 27.6. The van der Waals surface area contributed by atoms with E-state index in [0.717, 1.165) is 43.1 Å². The number of piperazine rings is 1. The van der Waals surface area contributed by atoms with Crippen LogP contribution < -0.4 is 20.3 Å². The highest BCUT2D eigenvalue weighted by Crippen LogP contribution is 2.40. The first-order valence-corrected chi connectivity index (χ1v) is 14.6. The highest BCUT2D eigenvalue weighted by molar-refractivity contribution is 6.32. The van der Waals surface area contributed by atoms with Crippen LogP contribution in [-0.4, -0.2) is 83.1 Å². The number of carbonyl (C=O) groups excluding carboxylic acids is 2.